The van der Waals surface area contributed by atoms with Crippen LogP contribution in [0.4, 0.5) is 0 Å². The van der Waals surface area contributed by atoms with Crippen molar-refractivity contribution in [2.24, 2.45) is 5.92 Å². The number of hydrogen-bond acceptors (Lipinski definition) is 3. The van der Waals surface area contributed by atoms with E-state index in [9.17, 15) is 0 Å². The molecule has 3 nitrogen and oxygen atoms in total. The Balaban J connectivity index is 1.91. The van der Waals surface area contributed by atoms with Crippen molar-refractivity contribution >= 4 is 0 Å². The van der Waals surface area contributed by atoms with Gasteiger partial charge in [-0.1, -0.05) is 30.3 Å². The van der Waals surface area contributed by atoms with Crippen LogP contribution in [-0.2, 0) is 9.57 Å². The van der Waals surface area contributed by atoms with Gasteiger partial charge in [0.1, 0.15) is 0 Å². The number of hydrogen-bond donors (Lipinski definition) is 0. The molecule has 2 aliphatic heterocycles. The fourth-order valence-corrected chi connectivity index (χ4v) is 2.60. The lowest BCUT2D eigenvalue weighted by Crippen LogP contribution is -2.20. The standard InChI is InChI=1S/C12H15NO2/c1-13-11(9-5-3-2-4-6-9)10-7-8-14-12(10)15-13/h2-6,10-12H,7-8H2,1H3. The highest BCUT2D eigenvalue weighted by Crippen LogP contribution is 2.43. The van der Waals surface area contributed by atoms with Crippen LogP contribution in [0.1, 0.15) is 18.0 Å². The van der Waals surface area contributed by atoms with Crippen molar-refractivity contribution in [3.8, 4) is 0 Å². The quantitative estimate of drug-likeness (QED) is 0.699. The number of nitrogens with zero attached hydrogens (tertiary/aromatic N) is 1. The van der Waals surface area contributed by atoms with E-state index in [1.807, 2.05) is 18.2 Å². The zero-order valence-electron chi connectivity index (χ0n) is 8.80. The maximum absolute atomic E-state index is 5.66. The van der Waals surface area contributed by atoms with Gasteiger partial charge in [-0.15, -0.1) is 0 Å². The molecule has 0 amide bonds. The molecule has 2 heterocycles. The van der Waals surface area contributed by atoms with Gasteiger partial charge in [-0.2, -0.15) is 5.06 Å². The molecule has 3 heteroatoms. The van der Waals surface area contributed by atoms with Crippen molar-refractivity contribution in [2.45, 2.75) is 18.8 Å². The van der Waals surface area contributed by atoms with Gasteiger partial charge in [0.15, 0.2) is 6.29 Å². The molecule has 2 saturated heterocycles. The van der Waals surface area contributed by atoms with Crippen LogP contribution in [0.5, 0.6) is 0 Å². The summed E-state index contributed by atoms with van der Waals surface area (Å²) in [4.78, 5) is 5.66. The Morgan fingerprint density at radius 2 is 2.07 bits per heavy atom. The van der Waals surface area contributed by atoms with Gasteiger partial charge in [-0.25, -0.2) is 0 Å². The first-order valence-corrected chi connectivity index (χ1v) is 5.42. The van der Waals surface area contributed by atoms with Gasteiger partial charge in [-0.3, -0.25) is 4.84 Å². The Labute approximate surface area is 89.6 Å². The van der Waals surface area contributed by atoms with E-state index in [0.29, 0.717) is 12.0 Å². The number of rotatable bonds is 1. The highest BCUT2D eigenvalue weighted by Gasteiger charge is 2.45. The Morgan fingerprint density at radius 1 is 1.27 bits per heavy atom. The molecular formula is C12H15NO2. The summed E-state index contributed by atoms with van der Waals surface area (Å²) in [6.07, 6.45) is 1.06. The van der Waals surface area contributed by atoms with Gasteiger partial charge in [0, 0.05) is 13.0 Å². The molecule has 0 aromatic heterocycles. The predicted octanol–water partition coefficient (Wildman–Crippen LogP) is 1.97. The van der Waals surface area contributed by atoms with Crippen LogP contribution in [0, 0.1) is 5.92 Å². The molecule has 0 saturated carbocycles. The zero-order valence-corrected chi connectivity index (χ0v) is 8.80. The van der Waals surface area contributed by atoms with Crippen molar-refractivity contribution < 1.29 is 9.57 Å². The summed E-state index contributed by atoms with van der Waals surface area (Å²) in [5, 5.41) is 1.93. The van der Waals surface area contributed by atoms with Crippen molar-refractivity contribution in [3.05, 3.63) is 35.9 Å². The average Bonchev–Trinajstić information content (AvgIpc) is 2.78. The molecule has 15 heavy (non-hydrogen) atoms. The molecular weight excluding hydrogens is 190 g/mol. The second-order valence-electron chi connectivity index (χ2n) is 4.20. The van der Waals surface area contributed by atoms with Gasteiger partial charge in [0.05, 0.1) is 12.6 Å². The lowest BCUT2D eigenvalue weighted by atomic mass is 9.92. The average molecular weight is 205 g/mol. The zero-order chi connectivity index (χ0) is 10.3. The molecule has 3 atom stereocenters. The molecule has 1 aromatic rings. The largest absolute Gasteiger partial charge is 0.350 e. The van der Waals surface area contributed by atoms with Crippen LogP contribution in [0.3, 0.4) is 0 Å². The third-order valence-electron chi connectivity index (χ3n) is 3.29. The molecule has 0 bridgehead atoms. The minimum Gasteiger partial charge on any atom is -0.350 e. The number of fused-ring (bicyclic) bond motifs is 1. The first-order valence-electron chi connectivity index (χ1n) is 5.42. The van der Waals surface area contributed by atoms with Crippen LogP contribution >= 0.6 is 0 Å². The summed E-state index contributed by atoms with van der Waals surface area (Å²) in [6.45, 7) is 0.826. The minimum absolute atomic E-state index is 0.0276. The number of benzene rings is 1. The van der Waals surface area contributed by atoms with Gasteiger partial charge in [0.2, 0.25) is 0 Å². The first-order chi connectivity index (χ1) is 7.36. The van der Waals surface area contributed by atoms with E-state index in [1.54, 1.807) is 0 Å². The summed E-state index contributed by atoms with van der Waals surface area (Å²) in [7, 11) is 1.99. The molecule has 3 unspecified atom stereocenters. The maximum atomic E-state index is 5.66. The summed E-state index contributed by atoms with van der Waals surface area (Å²) in [6, 6.07) is 10.9. The molecule has 1 aromatic carbocycles. The molecule has 0 N–H and O–H groups in total. The van der Waals surface area contributed by atoms with Crippen LogP contribution in [-0.4, -0.2) is 25.0 Å². The number of hydroxylamine groups is 2. The van der Waals surface area contributed by atoms with Crippen LogP contribution in [0.2, 0.25) is 0 Å². The lowest BCUT2D eigenvalue weighted by Gasteiger charge is -2.21. The van der Waals surface area contributed by atoms with Crippen LogP contribution in [0.25, 0.3) is 0 Å². The van der Waals surface area contributed by atoms with Crippen molar-refractivity contribution in [2.75, 3.05) is 13.7 Å². The van der Waals surface area contributed by atoms with Crippen LogP contribution in [0.15, 0.2) is 30.3 Å². The van der Waals surface area contributed by atoms with Gasteiger partial charge in [0.25, 0.3) is 0 Å². The summed E-state index contributed by atoms with van der Waals surface area (Å²) in [5.41, 5.74) is 1.32. The maximum Gasteiger partial charge on any atom is 0.182 e. The van der Waals surface area contributed by atoms with E-state index in [0.717, 1.165) is 13.0 Å². The van der Waals surface area contributed by atoms with Crippen molar-refractivity contribution in [3.63, 3.8) is 0 Å². The Kier molecular flexibility index (Phi) is 2.24. The van der Waals surface area contributed by atoms with Crippen molar-refractivity contribution in [1.29, 1.82) is 0 Å². The molecule has 2 aliphatic rings. The van der Waals surface area contributed by atoms with Crippen molar-refractivity contribution in [1.82, 2.24) is 5.06 Å². The molecule has 80 valence electrons. The number of ether oxygens (including phenoxy) is 1. The van der Waals surface area contributed by atoms with E-state index in [-0.39, 0.29) is 6.29 Å². The Bertz CT molecular complexity index is 341. The predicted molar refractivity (Wildman–Crippen MR) is 55.9 cm³/mol. The molecule has 0 aliphatic carbocycles. The molecule has 0 spiro atoms. The van der Waals surface area contributed by atoms with E-state index in [4.69, 9.17) is 9.57 Å². The minimum atomic E-state index is -0.0276. The third kappa shape index (κ3) is 1.47. The second-order valence-corrected chi connectivity index (χ2v) is 4.20. The lowest BCUT2D eigenvalue weighted by molar-refractivity contribution is -0.221. The van der Waals surface area contributed by atoms with E-state index in [1.165, 1.54) is 5.56 Å². The topological polar surface area (TPSA) is 21.7 Å². The van der Waals surface area contributed by atoms with Gasteiger partial charge < -0.3 is 4.74 Å². The van der Waals surface area contributed by atoms with Crippen LogP contribution < -0.4 is 0 Å². The fraction of sp³-hybridized carbons (Fsp3) is 0.500. The van der Waals surface area contributed by atoms with E-state index >= 15 is 0 Å². The second kappa shape index (κ2) is 3.59. The Hall–Kier alpha value is -0.900. The third-order valence-corrected chi connectivity index (χ3v) is 3.29. The highest BCUT2D eigenvalue weighted by molar-refractivity contribution is 5.20. The SMILES string of the molecule is CN1OC2OCCC2C1c1ccccc1. The van der Waals surface area contributed by atoms with Gasteiger partial charge >= 0.3 is 0 Å². The van der Waals surface area contributed by atoms with E-state index in [2.05, 4.69) is 24.3 Å². The van der Waals surface area contributed by atoms with E-state index < -0.39 is 0 Å². The molecule has 3 rings (SSSR count). The summed E-state index contributed by atoms with van der Waals surface area (Å²) < 4.78 is 5.54. The smallest absolute Gasteiger partial charge is 0.182 e. The molecule has 0 radical (unpaired) electrons. The molecule has 2 fully saturated rings. The summed E-state index contributed by atoms with van der Waals surface area (Å²) >= 11 is 0. The first kappa shape index (κ1) is 9.33. The van der Waals surface area contributed by atoms with Gasteiger partial charge in [-0.05, 0) is 12.0 Å². The highest BCUT2D eigenvalue weighted by atomic mass is 16.8. The fourth-order valence-electron chi connectivity index (χ4n) is 2.60. The summed E-state index contributed by atoms with van der Waals surface area (Å²) in [5.74, 6) is 0.484. The Morgan fingerprint density at radius 3 is 2.87 bits per heavy atom. The normalized spacial score (nSPS) is 35.7. The monoisotopic (exact) mass is 205 g/mol.